The standard InChI is InChI=1S/C32H12BF24.C17H13NOS/c34-25(35,36)13-1-14(26(37,38)39)6-21(5-13)33(22-7-15(27(40,41)42)2-16(8-22)28(43,44)45,23-9-17(29(46,47)48)3-18(10-23)30(49,50)51)24-11-19(31(52,53)54)4-20(12-24)32(55,56)57;19-16(14-7-2-1-3-8-14)12-18-15-9-5-4-6-13(15)10-11-17(18)20/h1-12H;1-11H,12H2/q-1;/p+1. The van der Waals surface area contributed by atoms with Gasteiger partial charge in [0.1, 0.15) is 6.15 Å². The highest BCUT2D eigenvalue weighted by molar-refractivity contribution is 7.80. The van der Waals surface area contributed by atoms with Crippen LogP contribution in [0.4, 0.5) is 105 Å². The summed E-state index contributed by atoms with van der Waals surface area (Å²) in [5.74, 6) is 0.0854. The third-order valence-corrected chi connectivity index (χ3v) is 12.1. The Morgan fingerprint density at radius 3 is 0.883 bits per heavy atom. The molecule has 0 saturated carbocycles. The first-order chi connectivity index (χ1) is 35.0. The second-order valence-corrected chi connectivity index (χ2v) is 17.3. The first kappa shape index (κ1) is 59.4. The van der Waals surface area contributed by atoms with Gasteiger partial charge >= 0.3 is 49.4 Å². The number of hydrogen-bond donors (Lipinski definition) is 1. The summed E-state index contributed by atoms with van der Waals surface area (Å²) in [5.41, 5.74) is -28.5. The molecule has 0 bridgehead atoms. The van der Waals surface area contributed by atoms with E-state index in [0.29, 0.717) is 6.54 Å². The van der Waals surface area contributed by atoms with Crippen LogP contribution in [0.15, 0.2) is 145 Å². The molecule has 7 aromatic rings. The highest BCUT2D eigenvalue weighted by Gasteiger charge is 2.47. The third-order valence-electron chi connectivity index (χ3n) is 11.8. The Balaban J connectivity index is 0.000000397. The molecule has 2 nitrogen and oxygen atoms in total. The second kappa shape index (κ2) is 20.5. The van der Waals surface area contributed by atoms with Crippen molar-refractivity contribution in [3.8, 4) is 0 Å². The molecule has 0 radical (unpaired) electrons. The van der Waals surface area contributed by atoms with Crippen molar-refractivity contribution in [1.82, 2.24) is 0 Å². The Morgan fingerprint density at radius 1 is 0.351 bits per heavy atom. The third kappa shape index (κ3) is 13.3. The summed E-state index contributed by atoms with van der Waals surface area (Å²) in [6, 6.07) is 12.5. The quantitative estimate of drug-likeness (QED) is 0.0555. The minimum absolute atomic E-state index is 0.0854. The molecule has 0 aliphatic carbocycles. The van der Waals surface area contributed by atoms with Crippen molar-refractivity contribution < 1.29 is 115 Å². The van der Waals surface area contributed by atoms with Gasteiger partial charge in [-0.25, -0.2) is 0 Å². The summed E-state index contributed by atoms with van der Waals surface area (Å²) in [6.07, 6.45) is -54.8. The van der Waals surface area contributed by atoms with E-state index in [1.165, 1.54) is 0 Å². The maximum absolute atomic E-state index is 14.2. The summed E-state index contributed by atoms with van der Waals surface area (Å²) in [5, 5.41) is 1.89. The molecule has 1 aromatic heterocycles. The molecule has 0 fully saturated rings. The molecule has 0 spiro atoms. The Morgan fingerprint density at radius 2 is 0.610 bits per heavy atom. The fraction of sp³-hybridized carbons (Fsp3) is 0.184. The molecule has 0 N–H and O–H groups in total. The smallest absolute Gasteiger partial charge is 0.287 e. The van der Waals surface area contributed by atoms with Crippen LogP contribution in [0.25, 0.3) is 10.9 Å². The lowest BCUT2D eigenvalue weighted by Crippen LogP contribution is -2.75. The number of ketones is 1. The largest absolute Gasteiger partial charge is 0.416 e. The van der Waals surface area contributed by atoms with Crippen LogP contribution < -0.4 is 26.4 Å². The molecule has 6 aromatic carbocycles. The van der Waals surface area contributed by atoms with E-state index >= 15 is 0 Å². The highest BCUT2D eigenvalue weighted by atomic mass is 32.1. The Labute approximate surface area is 421 Å². The average molecular weight is 1140 g/mol. The van der Waals surface area contributed by atoms with Gasteiger partial charge in [-0.15, -0.1) is 0 Å². The van der Waals surface area contributed by atoms with E-state index in [4.69, 9.17) is 0 Å². The number of rotatable bonds is 7. The minimum Gasteiger partial charge on any atom is -0.287 e. The summed E-state index contributed by atoms with van der Waals surface area (Å²) < 4.78 is 343. The zero-order valence-electron chi connectivity index (χ0n) is 37.4. The molecule has 410 valence electrons. The number of fused-ring (bicyclic) bond motifs is 1. The Hall–Kier alpha value is -6.87. The van der Waals surface area contributed by atoms with Gasteiger partial charge in [-0.1, -0.05) is 104 Å². The first-order valence-electron chi connectivity index (χ1n) is 21.1. The van der Waals surface area contributed by atoms with E-state index in [0.717, 1.165) is 21.5 Å². The van der Waals surface area contributed by atoms with Crippen LogP contribution in [0, 0.1) is 0 Å². The number of Topliss-reactive ketones (excluding diaryl/α,β-unsaturated/α-hetero) is 1. The van der Waals surface area contributed by atoms with Gasteiger partial charge in [0, 0.05) is 23.1 Å². The van der Waals surface area contributed by atoms with E-state index in [1.807, 2.05) is 71.3 Å². The normalized spacial score (nSPS) is 13.4. The van der Waals surface area contributed by atoms with Crippen molar-refractivity contribution in [1.29, 1.82) is 0 Å². The molecular weight excluding hydrogens is 1120 g/mol. The van der Waals surface area contributed by atoms with Gasteiger partial charge in [0.25, 0.3) is 0 Å². The number of carbonyl (C=O) groups excluding carboxylic acids is 1. The summed E-state index contributed by atoms with van der Waals surface area (Å²) in [7, 11) is 0. The maximum Gasteiger partial charge on any atom is 0.416 e. The Kier molecular flexibility index (Phi) is 15.8. The number of nitrogens with zero attached hydrogens (tertiary/aromatic N) is 1. The molecule has 77 heavy (non-hydrogen) atoms. The lowest BCUT2D eigenvalue weighted by atomic mass is 9.12. The van der Waals surface area contributed by atoms with E-state index < -0.39 is 195 Å². The molecule has 0 aliphatic rings. The van der Waals surface area contributed by atoms with Crippen LogP contribution >= 0.6 is 12.6 Å². The number of benzene rings is 6. The van der Waals surface area contributed by atoms with Crippen molar-refractivity contribution in [3.63, 3.8) is 0 Å². The molecular formula is C49H26BF24NOS. The van der Waals surface area contributed by atoms with Crippen molar-refractivity contribution >= 4 is 57.3 Å². The zero-order valence-corrected chi connectivity index (χ0v) is 38.3. The predicted octanol–water partition coefficient (Wildman–Crippen LogP) is 14.5. The lowest BCUT2D eigenvalue weighted by molar-refractivity contribution is -0.694. The second-order valence-electron chi connectivity index (χ2n) is 16.8. The monoisotopic (exact) mass is 1140 g/mol. The van der Waals surface area contributed by atoms with Crippen molar-refractivity contribution in [2.24, 2.45) is 0 Å². The summed E-state index contributed by atoms with van der Waals surface area (Å²) >= 11 is 4.47. The number of thiol groups is 1. The summed E-state index contributed by atoms with van der Waals surface area (Å²) in [4.78, 5) is 12.4. The molecule has 0 amide bonds. The molecule has 0 saturated heterocycles. The van der Waals surface area contributed by atoms with E-state index in [2.05, 4.69) is 12.6 Å². The van der Waals surface area contributed by atoms with Gasteiger partial charge in [-0.05, 0) is 36.4 Å². The van der Waals surface area contributed by atoms with Gasteiger partial charge in [-0.3, -0.25) is 4.79 Å². The van der Waals surface area contributed by atoms with E-state index in [-0.39, 0.29) is 5.78 Å². The fourth-order valence-electron chi connectivity index (χ4n) is 8.35. The van der Waals surface area contributed by atoms with Crippen LogP contribution in [0.2, 0.25) is 0 Å². The Bertz CT molecular complexity index is 2870. The van der Waals surface area contributed by atoms with Crippen LogP contribution in [-0.4, -0.2) is 11.9 Å². The van der Waals surface area contributed by atoms with Crippen LogP contribution in [0.5, 0.6) is 0 Å². The number of halogens is 24. The van der Waals surface area contributed by atoms with Gasteiger partial charge in [0.2, 0.25) is 22.9 Å². The molecule has 1 heterocycles. The number of alkyl halides is 24. The van der Waals surface area contributed by atoms with Crippen molar-refractivity contribution in [2.75, 3.05) is 0 Å². The molecule has 7 rings (SSSR count). The van der Waals surface area contributed by atoms with Crippen LogP contribution in [0.3, 0.4) is 0 Å². The van der Waals surface area contributed by atoms with E-state index in [9.17, 15) is 110 Å². The topological polar surface area (TPSA) is 20.9 Å². The van der Waals surface area contributed by atoms with Gasteiger partial charge in [0.05, 0.1) is 44.5 Å². The zero-order chi connectivity index (χ0) is 57.9. The van der Waals surface area contributed by atoms with Crippen molar-refractivity contribution in [2.45, 2.75) is 61.0 Å². The minimum atomic E-state index is -6.13. The van der Waals surface area contributed by atoms with Crippen LogP contribution in [0.1, 0.15) is 54.9 Å². The van der Waals surface area contributed by atoms with Gasteiger partial charge < -0.3 is 0 Å². The number of hydrogen-bond acceptors (Lipinski definition) is 2. The number of carbonyl (C=O) groups is 1. The number of para-hydroxylation sites is 1. The predicted molar refractivity (Wildman–Crippen MR) is 232 cm³/mol. The molecule has 28 heteroatoms. The fourth-order valence-corrected chi connectivity index (χ4v) is 8.60. The highest BCUT2D eigenvalue weighted by Crippen LogP contribution is 2.41. The molecule has 0 unspecified atom stereocenters. The summed E-state index contributed by atoms with van der Waals surface area (Å²) in [6.45, 7) is 0.296. The van der Waals surface area contributed by atoms with Crippen molar-refractivity contribution in [3.05, 3.63) is 190 Å². The average Bonchev–Trinajstić information content (AvgIpc) is 3.30. The molecule has 0 aliphatic heterocycles. The lowest BCUT2D eigenvalue weighted by Gasteiger charge is -2.46. The van der Waals surface area contributed by atoms with Gasteiger partial charge in [-0.2, -0.15) is 132 Å². The van der Waals surface area contributed by atoms with Crippen LogP contribution in [-0.2, 0) is 56.0 Å². The maximum atomic E-state index is 14.2. The number of pyridine rings is 1. The number of aromatic nitrogens is 1. The molecule has 0 atom stereocenters. The first-order valence-corrected chi connectivity index (χ1v) is 21.5. The van der Waals surface area contributed by atoms with Gasteiger partial charge in [0.15, 0.2) is 0 Å². The van der Waals surface area contributed by atoms with E-state index in [1.54, 1.807) is 0 Å². The SMILES string of the molecule is FC(F)(F)c1cc([B-](c2cc(C(F)(F)F)cc(C(F)(F)F)c2)(c2cc(C(F)(F)F)cc(C(F)(F)F)c2)c2cc(C(F)(F)F)cc(C(F)(F)F)c2)cc(C(F)(F)F)c1.O=C(C[n+]1c(S)ccc2ccccc21)c1ccccc1.